The molecule has 1 heterocycles. The molecule has 1 unspecified atom stereocenters. The molecule has 1 atom stereocenters. The SMILES string of the molecule is C=C/C=C\NC(Cc1ccc(OCCSc2nc3ccccc3s2)cc1)C(=O)O.CC. The summed E-state index contributed by atoms with van der Waals surface area (Å²) in [6.45, 7) is 8.14. The number of hydrogen-bond acceptors (Lipinski definition) is 6. The molecule has 0 aliphatic carbocycles. The summed E-state index contributed by atoms with van der Waals surface area (Å²) in [5.74, 6) is 0.679. The third-order valence-electron chi connectivity index (χ3n) is 4.04. The summed E-state index contributed by atoms with van der Waals surface area (Å²) in [6, 6.07) is 15.0. The number of para-hydroxylation sites is 1. The number of thiazole rings is 1. The number of allylic oxidation sites excluding steroid dienone is 2. The quantitative estimate of drug-likeness (QED) is 0.217. The van der Waals surface area contributed by atoms with Crippen LogP contribution in [0.1, 0.15) is 19.4 Å². The molecule has 0 saturated heterocycles. The fourth-order valence-corrected chi connectivity index (χ4v) is 4.57. The van der Waals surface area contributed by atoms with E-state index in [4.69, 9.17) is 4.74 Å². The third kappa shape index (κ3) is 8.11. The number of nitrogens with one attached hydrogen (secondary N) is 1. The van der Waals surface area contributed by atoms with E-state index >= 15 is 0 Å². The van der Waals surface area contributed by atoms with Crippen LogP contribution < -0.4 is 10.1 Å². The van der Waals surface area contributed by atoms with Crippen molar-refractivity contribution in [3.63, 3.8) is 0 Å². The molecule has 2 aromatic carbocycles. The molecular formula is C24H28N2O3S2. The Bertz CT molecular complexity index is 951. The number of hydrogen-bond donors (Lipinski definition) is 2. The Labute approximate surface area is 191 Å². The predicted molar refractivity (Wildman–Crippen MR) is 131 cm³/mol. The van der Waals surface area contributed by atoms with Crippen molar-refractivity contribution in [1.29, 1.82) is 0 Å². The number of rotatable bonds is 11. The molecule has 0 aliphatic heterocycles. The molecule has 3 aromatic rings. The van der Waals surface area contributed by atoms with E-state index in [0.717, 1.165) is 26.9 Å². The molecule has 0 bridgehead atoms. The molecule has 1 aromatic heterocycles. The summed E-state index contributed by atoms with van der Waals surface area (Å²) in [5.41, 5.74) is 1.96. The van der Waals surface area contributed by atoms with Gasteiger partial charge in [-0.1, -0.05) is 62.5 Å². The van der Waals surface area contributed by atoms with Crippen LogP contribution in [0.5, 0.6) is 5.75 Å². The number of carboxylic acids is 1. The maximum absolute atomic E-state index is 11.4. The Morgan fingerprint density at radius 3 is 2.68 bits per heavy atom. The number of fused-ring (bicyclic) bond motifs is 1. The van der Waals surface area contributed by atoms with Gasteiger partial charge in [0.15, 0.2) is 4.34 Å². The van der Waals surface area contributed by atoms with Gasteiger partial charge in [-0.2, -0.15) is 0 Å². The monoisotopic (exact) mass is 456 g/mol. The van der Waals surface area contributed by atoms with Crippen LogP contribution >= 0.6 is 23.1 Å². The molecule has 0 spiro atoms. The summed E-state index contributed by atoms with van der Waals surface area (Å²) < 4.78 is 8.03. The maximum Gasteiger partial charge on any atom is 0.326 e. The van der Waals surface area contributed by atoms with E-state index in [-0.39, 0.29) is 0 Å². The minimum Gasteiger partial charge on any atom is -0.493 e. The van der Waals surface area contributed by atoms with E-state index in [1.807, 2.05) is 56.3 Å². The highest BCUT2D eigenvalue weighted by Gasteiger charge is 2.15. The van der Waals surface area contributed by atoms with Crippen LogP contribution in [0, 0.1) is 0 Å². The lowest BCUT2D eigenvalue weighted by Crippen LogP contribution is -2.35. The Kier molecular flexibility index (Phi) is 10.7. The zero-order valence-corrected chi connectivity index (χ0v) is 19.4. The summed E-state index contributed by atoms with van der Waals surface area (Å²) >= 11 is 3.38. The number of benzene rings is 2. The molecular weight excluding hydrogens is 428 g/mol. The third-order valence-corrected chi connectivity index (χ3v) is 6.19. The lowest BCUT2D eigenvalue weighted by molar-refractivity contribution is -0.139. The molecule has 164 valence electrons. The van der Waals surface area contributed by atoms with Crippen LogP contribution in [-0.4, -0.2) is 34.5 Å². The second kappa shape index (κ2) is 13.5. The summed E-state index contributed by atoms with van der Waals surface area (Å²) in [5, 5.41) is 12.2. The highest BCUT2D eigenvalue weighted by molar-refractivity contribution is 8.01. The minimum absolute atomic E-state index is 0.380. The van der Waals surface area contributed by atoms with Gasteiger partial charge < -0.3 is 15.2 Å². The van der Waals surface area contributed by atoms with Crippen molar-refractivity contribution in [2.24, 2.45) is 0 Å². The number of carbonyl (C=O) groups is 1. The average Bonchev–Trinajstić information content (AvgIpc) is 3.21. The summed E-state index contributed by atoms with van der Waals surface area (Å²) in [4.78, 5) is 16.0. The van der Waals surface area contributed by atoms with Crippen molar-refractivity contribution < 1.29 is 14.6 Å². The first-order valence-corrected chi connectivity index (χ1v) is 11.9. The predicted octanol–water partition coefficient (Wildman–Crippen LogP) is 5.78. The van der Waals surface area contributed by atoms with E-state index in [0.29, 0.717) is 13.0 Å². The second-order valence-corrected chi connectivity index (χ2v) is 8.52. The van der Waals surface area contributed by atoms with Gasteiger partial charge >= 0.3 is 5.97 Å². The van der Waals surface area contributed by atoms with Crippen LogP contribution in [0.4, 0.5) is 0 Å². The lowest BCUT2D eigenvalue weighted by atomic mass is 10.1. The van der Waals surface area contributed by atoms with Gasteiger partial charge in [0.2, 0.25) is 0 Å². The Balaban J connectivity index is 0.00000166. The first-order chi connectivity index (χ1) is 15.2. The molecule has 0 aliphatic rings. The van der Waals surface area contributed by atoms with Crippen LogP contribution in [0.15, 0.2) is 77.8 Å². The first-order valence-electron chi connectivity index (χ1n) is 10.1. The van der Waals surface area contributed by atoms with E-state index in [1.54, 1.807) is 41.5 Å². The van der Waals surface area contributed by atoms with Crippen molar-refractivity contribution in [2.45, 2.75) is 30.6 Å². The molecule has 3 rings (SSSR count). The fourth-order valence-electron chi connectivity index (χ4n) is 2.62. The normalized spacial score (nSPS) is 11.5. The van der Waals surface area contributed by atoms with Crippen molar-refractivity contribution in [3.8, 4) is 5.75 Å². The smallest absolute Gasteiger partial charge is 0.326 e. The lowest BCUT2D eigenvalue weighted by Gasteiger charge is -2.13. The highest BCUT2D eigenvalue weighted by Crippen LogP contribution is 2.29. The van der Waals surface area contributed by atoms with E-state index in [2.05, 4.69) is 22.9 Å². The number of ether oxygens (including phenoxy) is 1. The van der Waals surface area contributed by atoms with Crippen LogP contribution in [0.2, 0.25) is 0 Å². The number of thioether (sulfide) groups is 1. The molecule has 7 heteroatoms. The Morgan fingerprint density at radius 1 is 1.26 bits per heavy atom. The van der Waals surface area contributed by atoms with Crippen molar-refractivity contribution >= 4 is 39.3 Å². The van der Waals surface area contributed by atoms with Gasteiger partial charge in [-0.05, 0) is 42.1 Å². The van der Waals surface area contributed by atoms with Crippen LogP contribution in [0.3, 0.4) is 0 Å². The van der Waals surface area contributed by atoms with Crippen LogP contribution in [0.25, 0.3) is 10.2 Å². The number of aromatic nitrogens is 1. The second-order valence-electron chi connectivity index (χ2n) is 6.14. The number of aliphatic carboxylic acids is 1. The average molecular weight is 457 g/mol. The molecule has 5 nitrogen and oxygen atoms in total. The molecule has 0 fully saturated rings. The maximum atomic E-state index is 11.4. The van der Waals surface area contributed by atoms with Gasteiger partial charge in [-0.25, -0.2) is 9.78 Å². The van der Waals surface area contributed by atoms with Gasteiger partial charge in [0.05, 0.1) is 16.8 Å². The summed E-state index contributed by atoms with van der Waals surface area (Å²) in [7, 11) is 0. The highest BCUT2D eigenvalue weighted by atomic mass is 32.2. The molecule has 2 N–H and O–H groups in total. The zero-order valence-electron chi connectivity index (χ0n) is 17.8. The van der Waals surface area contributed by atoms with Gasteiger partial charge in [-0.3, -0.25) is 0 Å². The van der Waals surface area contributed by atoms with Crippen molar-refractivity contribution in [1.82, 2.24) is 10.3 Å². The first kappa shape index (κ1) is 24.5. The minimum atomic E-state index is -0.897. The van der Waals surface area contributed by atoms with Gasteiger partial charge in [-0.15, -0.1) is 11.3 Å². The summed E-state index contributed by atoms with van der Waals surface area (Å²) in [6.07, 6.45) is 5.23. The van der Waals surface area contributed by atoms with Crippen molar-refractivity contribution in [2.75, 3.05) is 12.4 Å². The largest absolute Gasteiger partial charge is 0.493 e. The molecule has 31 heavy (non-hydrogen) atoms. The van der Waals surface area contributed by atoms with E-state index in [1.165, 1.54) is 4.70 Å². The fraction of sp³-hybridized carbons (Fsp3) is 0.250. The standard InChI is InChI=1S/C22H22N2O3S2.C2H6/c1-2-3-12-23-19(21(25)26)15-16-8-10-17(11-9-16)27-13-14-28-22-24-18-6-4-5-7-20(18)29-22;1-2/h2-12,19,23H,1,13-15H2,(H,25,26);1-2H3/b12-3-;. The number of nitrogens with zero attached hydrogens (tertiary/aromatic N) is 1. The van der Waals surface area contributed by atoms with Gasteiger partial charge in [0, 0.05) is 12.2 Å². The number of carboxylic acid groups (broad SMARTS) is 1. The molecule has 0 saturated carbocycles. The van der Waals surface area contributed by atoms with Crippen LogP contribution in [-0.2, 0) is 11.2 Å². The Morgan fingerprint density at radius 2 is 2.00 bits per heavy atom. The van der Waals surface area contributed by atoms with Gasteiger partial charge in [0.25, 0.3) is 0 Å². The molecule has 0 amide bonds. The zero-order chi connectivity index (χ0) is 22.5. The molecule has 0 radical (unpaired) electrons. The van der Waals surface area contributed by atoms with E-state index < -0.39 is 12.0 Å². The van der Waals surface area contributed by atoms with Gasteiger partial charge in [0.1, 0.15) is 11.8 Å². The van der Waals surface area contributed by atoms with E-state index in [9.17, 15) is 9.90 Å². The topological polar surface area (TPSA) is 71.5 Å². The Hall–Kier alpha value is -2.77. The van der Waals surface area contributed by atoms with Crippen molar-refractivity contribution in [3.05, 3.63) is 79.0 Å².